The van der Waals surface area contributed by atoms with Crippen molar-refractivity contribution in [1.29, 1.82) is 0 Å². The summed E-state index contributed by atoms with van der Waals surface area (Å²) in [5.41, 5.74) is 1.01. The van der Waals surface area contributed by atoms with Gasteiger partial charge in [0.25, 0.3) is 5.91 Å². The molecule has 0 aliphatic carbocycles. The monoisotopic (exact) mass is 376 g/mol. The summed E-state index contributed by atoms with van der Waals surface area (Å²) in [6, 6.07) is 7.57. The zero-order valence-corrected chi connectivity index (χ0v) is 15.9. The highest BCUT2D eigenvalue weighted by atomic mass is 35.5. The average Bonchev–Trinajstić information content (AvgIpc) is 2.92. The largest absolute Gasteiger partial charge is 0.338 e. The number of ketones is 1. The van der Waals surface area contributed by atoms with Gasteiger partial charge >= 0.3 is 0 Å². The third-order valence-corrected chi connectivity index (χ3v) is 5.77. The maximum absolute atomic E-state index is 12.5. The fraction of sp³-hybridized carbons (Fsp3) is 0.550. The molecule has 0 N–H and O–H groups in total. The van der Waals surface area contributed by atoms with Crippen LogP contribution in [0.15, 0.2) is 24.3 Å². The Morgan fingerprint density at radius 2 is 1.81 bits per heavy atom. The number of hydrogen-bond acceptors (Lipinski definition) is 3. The first-order chi connectivity index (χ1) is 12.4. The van der Waals surface area contributed by atoms with Crippen LogP contribution in [0.3, 0.4) is 0 Å². The molecule has 2 aliphatic heterocycles. The van der Waals surface area contributed by atoms with Crippen LogP contribution in [0.25, 0.3) is 0 Å². The van der Waals surface area contributed by atoms with Crippen molar-refractivity contribution in [3.05, 3.63) is 34.9 Å². The van der Waals surface area contributed by atoms with Crippen LogP contribution in [0.4, 0.5) is 0 Å². The molecule has 0 aromatic heterocycles. The SMILES string of the molecule is CCCC(=O)C(=O)N1CCC2(CC1)CC(=O)N(Cc1ccc(Cl)cc1)C2. The van der Waals surface area contributed by atoms with Crippen LogP contribution < -0.4 is 0 Å². The van der Waals surface area contributed by atoms with Crippen molar-refractivity contribution in [2.75, 3.05) is 19.6 Å². The van der Waals surface area contributed by atoms with Crippen LogP contribution in [-0.4, -0.2) is 47.0 Å². The van der Waals surface area contributed by atoms with Crippen LogP contribution in [0, 0.1) is 5.41 Å². The maximum atomic E-state index is 12.5. The van der Waals surface area contributed by atoms with Crippen LogP contribution in [0.2, 0.25) is 5.02 Å². The second-order valence-corrected chi connectivity index (χ2v) is 7.95. The molecule has 5 nitrogen and oxygen atoms in total. The zero-order valence-electron chi connectivity index (χ0n) is 15.2. The first kappa shape index (κ1) is 18.9. The summed E-state index contributed by atoms with van der Waals surface area (Å²) in [4.78, 5) is 40.1. The molecule has 3 rings (SSSR count). The molecule has 140 valence electrons. The van der Waals surface area contributed by atoms with Crippen LogP contribution in [0.1, 0.15) is 44.6 Å². The third-order valence-electron chi connectivity index (χ3n) is 5.52. The summed E-state index contributed by atoms with van der Waals surface area (Å²) < 4.78 is 0. The molecule has 0 radical (unpaired) electrons. The lowest BCUT2D eigenvalue weighted by Gasteiger charge is -2.38. The standard InChI is InChI=1S/C20H25ClN2O3/c1-2-3-17(24)19(26)22-10-8-20(9-11-22)12-18(25)23(14-20)13-15-4-6-16(21)7-5-15/h4-7H,2-3,8-14H2,1H3. The number of nitrogens with zero attached hydrogens (tertiary/aromatic N) is 2. The van der Waals surface area contributed by atoms with Gasteiger partial charge in [-0.1, -0.05) is 30.7 Å². The second kappa shape index (κ2) is 7.78. The average molecular weight is 377 g/mol. The summed E-state index contributed by atoms with van der Waals surface area (Å²) in [5.74, 6) is -0.485. The van der Waals surface area contributed by atoms with Crippen molar-refractivity contribution in [3.8, 4) is 0 Å². The van der Waals surface area contributed by atoms with Crippen LogP contribution in [0.5, 0.6) is 0 Å². The topological polar surface area (TPSA) is 57.7 Å². The number of rotatable bonds is 5. The van der Waals surface area contributed by atoms with E-state index in [0.717, 1.165) is 24.9 Å². The first-order valence-electron chi connectivity index (χ1n) is 9.27. The van der Waals surface area contributed by atoms with Gasteiger partial charge in [0.15, 0.2) is 0 Å². The molecule has 2 heterocycles. The molecule has 1 aromatic rings. The van der Waals surface area contributed by atoms with Crippen LogP contribution >= 0.6 is 11.6 Å². The van der Waals surface area contributed by atoms with E-state index in [1.165, 1.54) is 0 Å². The minimum atomic E-state index is -0.357. The van der Waals surface area contributed by atoms with E-state index in [4.69, 9.17) is 11.6 Å². The number of piperidine rings is 1. The third kappa shape index (κ3) is 4.09. The smallest absolute Gasteiger partial charge is 0.289 e. The van der Waals surface area contributed by atoms with E-state index in [1.54, 1.807) is 4.90 Å². The molecule has 1 aromatic carbocycles. The summed E-state index contributed by atoms with van der Waals surface area (Å²) in [6.07, 6.45) is 3.10. The number of hydrogen-bond donors (Lipinski definition) is 0. The van der Waals surface area contributed by atoms with E-state index >= 15 is 0 Å². The normalized spacial score (nSPS) is 19.2. The fourth-order valence-corrected chi connectivity index (χ4v) is 4.09. The molecule has 6 heteroatoms. The Labute approximate surface area is 159 Å². The molecule has 2 amide bonds. The lowest BCUT2D eigenvalue weighted by Crippen LogP contribution is -2.46. The van der Waals surface area contributed by atoms with Gasteiger partial charge in [0.1, 0.15) is 0 Å². The highest BCUT2D eigenvalue weighted by molar-refractivity contribution is 6.36. The molecule has 2 aliphatic rings. The Kier molecular flexibility index (Phi) is 5.66. The molecule has 2 fully saturated rings. The molecule has 26 heavy (non-hydrogen) atoms. The lowest BCUT2D eigenvalue weighted by atomic mass is 9.77. The number of benzene rings is 1. The van der Waals surface area contributed by atoms with E-state index in [9.17, 15) is 14.4 Å². The second-order valence-electron chi connectivity index (χ2n) is 7.52. The minimum Gasteiger partial charge on any atom is -0.338 e. The number of amides is 2. The number of halogens is 1. The van der Waals surface area contributed by atoms with E-state index in [1.807, 2.05) is 36.1 Å². The van der Waals surface area contributed by atoms with Crippen molar-refractivity contribution in [2.24, 2.45) is 5.41 Å². The van der Waals surface area contributed by atoms with Crippen molar-refractivity contribution in [3.63, 3.8) is 0 Å². The Hall–Kier alpha value is -1.88. The van der Waals surface area contributed by atoms with Crippen LogP contribution in [-0.2, 0) is 20.9 Å². The highest BCUT2D eigenvalue weighted by Gasteiger charge is 2.45. The number of carbonyl (C=O) groups is 3. The Morgan fingerprint density at radius 3 is 2.42 bits per heavy atom. The Balaban J connectivity index is 1.57. The zero-order chi connectivity index (χ0) is 18.7. The van der Waals surface area contributed by atoms with Gasteiger partial charge in [0, 0.05) is 49.5 Å². The maximum Gasteiger partial charge on any atom is 0.289 e. The molecule has 0 atom stereocenters. The predicted molar refractivity (Wildman–Crippen MR) is 99.6 cm³/mol. The molecule has 1 spiro atoms. The van der Waals surface area contributed by atoms with Gasteiger partial charge in [-0.25, -0.2) is 0 Å². The molecular formula is C20H25ClN2O3. The Morgan fingerprint density at radius 1 is 1.15 bits per heavy atom. The van der Waals surface area contributed by atoms with Gasteiger partial charge in [-0.05, 0) is 37.0 Å². The predicted octanol–water partition coefficient (Wildman–Crippen LogP) is 3.05. The molecule has 2 saturated heterocycles. The van der Waals surface area contributed by atoms with E-state index in [2.05, 4.69) is 0 Å². The molecule has 0 unspecified atom stereocenters. The number of Topliss-reactive ketones (excluding diaryl/α,β-unsaturated/α-hetero) is 1. The van der Waals surface area contributed by atoms with Crippen molar-refractivity contribution in [2.45, 2.75) is 45.6 Å². The van der Waals surface area contributed by atoms with Gasteiger partial charge in [-0.3, -0.25) is 14.4 Å². The number of carbonyl (C=O) groups excluding carboxylic acids is 3. The van der Waals surface area contributed by atoms with Gasteiger partial charge in [-0.15, -0.1) is 0 Å². The quantitative estimate of drug-likeness (QED) is 0.742. The molecule has 0 saturated carbocycles. The summed E-state index contributed by atoms with van der Waals surface area (Å²) in [5, 5.41) is 0.688. The lowest BCUT2D eigenvalue weighted by molar-refractivity contribution is -0.146. The van der Waals surface area contributed by atoms with E-state index < -0.39 is 0 Å². The van der Waals surface area contributed by atoms with Gasteiger partial charge < -0.3 is 9.80 Å². The van der Waals surface area contributed by atoms with Gasteiger partial charge in [0.05, 0.1) is 0 Å². The van der Waals surface area contributed by atoms with E-state index in [-0.39, 0.29) is 23.0 Å². The highest BCUT2D eigenvalue weighted by Crippen LogP contribution is 2.41. The Bertz CT molecular complexity index is 694. The fourth-order valence-electron chi connectivity index (χ4n) is 3.97. The summed E-state index contributed by atoms with van der Waals surface area (Å²) >= 11 is 5.92. The summed E-state index contributed by atoms with van der Waals surface area (Å²) in [6.45, 7) is 4.34. The minimum absolute atomic E-state index is 0.0614. The van der Waals surface area contributed by atoms with Crippen molar-refractivity contribution >= 4 is 29.2 Å². The molecular weight excluding hydrogens is 352 g/mol. The first-order valence-corrected chi connectivity index (χ1v) is 9.64. The van der Waals surface area contributed by atoms with Gasteiger partial charge in [0.2, 0.25) is 11.7 Å². The van der Waals surface area contributed by atoms with Gasteiger partial charge in [-0.2, -0.15) is 0 Å². The van der Waals surface area contributed by atoms with Crippen molar-refractivity contribution in [1.82, 2.24) is 9.80 Å². The molecule has 0 bridgehead atoms. The van der Waals surface area contributed by atoms with Crippen molar-refractivity contribution < 1.29 is 14.4 Å². The summed E-state index contributed by atoms with van der Waals surface area (Å²) in [7, 11) is 0. The van der Waals surface area contributed by atoms with E-state index in [0.29, 0.717) is 43.9 Å². The number of likely N-dealkylation sites (tertiary alicyclic amines) is 2.